The molecule has 0 amide bonds. The first-order valence-corrected chi connectivity index (χ1v) is 6.63. The summed E-state index contributed by atoms with van der Waals surface area (Å²) in [5.41, 5.74) is 0. The summed E-state index contributed by atoms with van der Waals surface area (Å²) in [4.78, 5) is 0. The van der Waals surface area contributed by atoms with Crippen LogP contribution in [0.2, 0.25) is 0 Å². The summed E-state index contributed by atoms with van der Waals surface area (Å²) in [5, 5.41) is 36.1. The quantitative estimate of drug-likeness (QED) is 0.384. The van der Waals surface area contributed by atoms with Gasteiger partial charge in [0.15, 0.2) is 0 Å². The lowest BCUT2D eigenvalue weighted by molar-refractivity contribution is -0.0758. The monoisotopic (exact) mass is 270 g/mol. The van der Waals surface area contributed by atoms with Crippen LogP contribution in [0.25, 0.3) is 0 Å². The first-order chi connectivity index (χ1) is 8.29. The van der Waals surface area contributed by atoms with E-state index < -0.39 is 32.9 Å². The summed E-state index contributed by atoms with van der Waals surface area (Å²) in [6, 6.07) is 0. The Labute approximate surface area is 107 Å². The molecule has 5 nitrogen and oxygen atoms in total. The lowest BCUT2D eigenvalue weighted by atomic mass is 10.1. The normalized spacial score (nSPS) is 26.1. The van der Waals surface area contributed by atoms with Gasteiger partial charge in [-0.1, -0.05) is 24.3 Å². The maximum atomic E-state index is 12.2. The van der Waals surface area contributed by atoms with Gasteiger partial charge in [-0.3, -0.25) is 4.21 Å². The SMILES string of the molecule is O=S(C1C=CC(O)(O)C=C1)C1C=CC(O)(O)C=C1. The molecule has 0 saturated heterocycles. The zero-order valence-electron chi connectivity index (χ0n) is 9.38. The van der Waals surface area contributed by atoms with Gasteiger partial charge in [-0.05, 0) is 24.3 Å². The molecule has 0 saturated carbocycles. The van der Waals surface area contributed by atoms with Crippen LogP contribution in [0.15, 0.2) is 48.6 Å². The Bertz CT molecular complexity index is 399. The molecule has 0 aromatic carbocycles. The van der Waals surface area contributed by atoms with Crippen molar-refractivity contribution in [3.05, 3.63) is 48.6 Å². The highest BCUT2D eigenvalue weighted by molar-refractivity contribution is 7.87. The fraction of sp³-hybridized carbons (Fsp3) is 0.333. The molecule has 0 fully saturated rings. The Morgan fingerprint density at radius 1 is 0.722 bits per heavy atom. The lowest BCUT2D eigenvalue weighted by Gasteiger charge is -2.24. The largest absolute Gasteiger partial charge is 0.359 e. The van der Waals surface area contributed by atoms with Gasteiger partial charge in [0, 0.05) is 10.8 Å². The molecule has 2 rings (SSSR count). The molecule has 2 aliphatic rings. The van der Waals surface area contributed by atoms with Crippen molar-refractivity contribution in [3.8, 4) is 0 Å². The maximum Gasteiger partial charge on any atom is 0.203 e. The second kappa shape index (κ2) is 4.56. The van der Waals surface area contributed by atoms with Crippen LogP contribution in [-0.4, -0.2) is 46.7 Å². The van der Waals surface area contributed by atoms with Crippen LogP contribution in [0.4, 0.5) is 0 Å². The van der Waals surface area contributed by atoms with Gasteiger partial charge in [0.1, 0.15) is 0 Å². The van der Waals surface area contributed by atoms with Crippen LogP contribution in [0.3, 0.4) is 0 Å². The molecule has 2 aliphatic carbocycles. The number of hydrogen-bond donors (Lipinski definition) is 4. The van der Waals surface area contributed by atoms with Crippen LogP contribution >= 0.6 is 0 Å². The van der Waals surface area contributed by atoms with Gasteiger partial charge in [-0.15, -0.1) is 0 Å². The minimum absolute atomic E-state index is 0.443. The zero-order chi connectivity index (χ0) is 13.4. The molecule has 0 unspecified atom stereocenters. The van der Waals surface area contributed by atoms with E-state index in [4.69, 9.17) is 0 Å². The van der Waals surface area contributed by atoms with Crippen molar-refractivity contribution in [3.63, 3.8) is 0 Å². The van der Waals surface area contributed by atoms with Crippen molar-refractivity contribution in [2.75, 3.05) is 0 Å². The second-order valence-electron chi connectivity index (χ2n) is 4.26. The standard InChI is InChI=1S/C12H14O5S/c13-11(14)5-1-9(2-6-11)18(17)10-3-7-12(15,16)8-4-10/h1-10,13-16H. The van der Waals surface area contributed by atoms with Gasteiger partial charge in [0.25, 0.3) is 0 Å². The van der Waals surface area contributed by atoms with E-state index in [0.717, 1.165) is 24.3 Å². The van der Waals surface area contributed by atoms with E-state index in [-0.39, 0.29) is 0 Å². The Morgan fingerprint density at radius 3 is 1.28 bits per heavy atom. The molecule has 0 bridgehead atoms. The van der Waals surface area contributed by atoms with Crippen LogP contribution in [0.1, 0.15) is 0 Å². The van der Waals surface area contributed by atoms with Gasteiger partial charge < -0.3 is 20.4 Å². The predicted molar refractivity (Wildman–Crippen MR) is 66.6 cm³/mol. The Balaban J connectivity index is 2.07. The molecule has 0 aromatic rings. The van der Waals surface area contributed by atoms with Crippen molar-refractivity contribution in [1.29, 1.82) is 0 Å². The number of rotatable bonds is 2. The van der Waals surface area contributed by atoms with E-state index in [9.17, 15) is 24.6 Å². The Morgan fingerprint density at radius 2 is 1.00 bits per heavy atom. The molecule has 0 atom stereocenters. The third-order valence-electron chi connectivity index (χ3n) is 2.66. The van der Waals surface area contributed by atoms with E-state index in [1.54, 1.807) is 0 Å². The summed E-state index contributed by atoms with van der Waals surface area (Å²) < 4.78 is 12.2. The van der Waals surface area contributed by atoms with Gasteiger partial charge in [-0.2, -0.15) is 0 Å². The highest BCUT2D eigenvalue weighted by atomic mass is 32.2. The highest BCUT2D eigenvalue weighted by Gasteiger charge is 2.28. The van der Waals surface area contributed by atoms with Crippen molar-refractivity contribution in [1.82, 2.24) is 0 Å². The number of aliphatic hydroxyl groups is 4. The molecule has 4 N–H and O–H groups in total. The van der Waals surface area contributed by atoms with E-state index in [2.05, 4.69) is 0 Å². The second-order valence-corrected chi connectivity index (χ2v) is 6.01. The van der Waals surface area contributed by atoms with Gasteiger partial charge in [0.2, 0.25) is 11.6 Å². The fourth-order valence-corrected chi connectivity index (χ4v) is 2.97. The minimum Gasteiger partial charge on any atom is -0.359 e. The first-order valence-electron chi connectivity index (χ1n) is 5.35. The van der Waals surface area contributed by atoms with Crippen molar-refractivity contribution < 1.29 is 24.6 Å². The average Bonchev–Trinajstić information content (AvgIpc) is 2.28. The minimum atomic E-state index is -1.98. The summed E-state index contributed by atoms with van der Waals surface area (Å²) in [5.74, 6) is -3.96. The molecule has 98 valence electrons. The van der Waals surface area contributed by atoms with Gasteiger partial charge in [0.05, 0.1) is 10.5 Å². The Hall–Kier alpha value is -1.05. The van der Waals surface area contributed by atoms with Crippen LogP contribution in [-0.2, 0) is 10.8 Å². The molecule has 0 aromatic heterocycles. The molecular formula is C12H14O5S. The summed E-state index contributed by atoms with van der Waals surface area (Å²) in [6.07, 6.45) is 10.5. The van der Waals surface area contributed by atoms with E-state index in [1.807, 2.05) is 0 Å². The molecule has 0 heterocycles. The maximum absolute atomic E-state index is 12.2. The van der Waals surface area contributed by atoms with E-state index in [1.165, 1.54) is 24.3 Å². The molecule has 6 heteroatoms. The van der Waals surface area contributed by atoms with Gasteiger partial charge in [-0.25, -0.2) is 0 Å². The molecule has 0 radical (unpaired) electrons. The first kappa shape index (κ1) is 13.4. The van der Waals surface area contributed by atoms with Crippen molar-refractivity contribution in [2.45, 2.75) is 22.1 Å². The third kappa shape index (κ3) is 3.04. The van der Waals surface area contributed by atoms with E-state index in [0.29, 0.717) is 0 Å². The van der Waals surface area contributed by atoms with Crippen LogP contribution < -0.4 is 0 Å². The molecule has 0 aliphatic heterocycles. The van der Waals surface area contributed by atoms with Crippen LogP contribution in [0, 0.1) is 0 Å². The average molecular weight is 270 g/mol. The molecule has 18 heavy (non-hydrogen) atoms. The third-order valence-corrected chi connectivity index (χ3v) is 4.36. The highest BCUT2D eigenvalue weighted by Crippen LogP contribution is 2.21. The van der Waals surface area contributed by atoms with Crippen LogP contribution in [0.5, 0.6) is 0 Å². The zero-order valence-corrected chi connectivity index (χ0v) is 10.2. The topological polar surface area (TPSA) is 98.0 Å². The molecular weight excluding hydrogens is 256 g/mol. The predicted octanol–water partition coefficient (Wildman–Crippen LogP) is -0.914. The Kier molecular flexibility index (Phi) is 3.39. The van der Waals surface area contributed by atoms with Gasteiger partial charge >= 0.3 is 0 Å². The smallest absolute Gasteiger partial charge is 0.203 e. The molecule has 0 spiro atoms. The lowest BCUT2D eigenvalue weighted by Crippen LogP contribution is -2.32. The summed E-state index contributed by atoms with van der Waals surface area (Å²) >= 11 is 0. The van der Waals surface area contributed by atoms with E-state index >= 15 is 0 Å². The number of hydrogen-bond acceptors (Lipinski definition) is 5. The summed E-state index contributed by atoms with van der Waals surface area (Å²) in [6.45, 7) is 0. The van der Waals surface area contributed by atoms with Crippen molar-refractivity contribution in [2.24, 2.45) is 0 Å². The summed E-state index contributed by atoms with van der Waals surface area (Å²) in [7, 11) is -1.35. The van der Waals surface area contributed by atoms with Crippen molar-refractivity contribution >= 4 is 10.8 Å². The fourth-order valence-electron chi connectivity index (χ4n) is 1.68.